The van der Waals surface area contributed by atoms with Gasteiger partial charge in [0.15, 0.2) is 11.6 Å². The van der Waals surface area contributed by atoms with Gasteiger partial charge in [0.05, 0.1) is 24.4 Å². The van der Waals surface area contributed by atoms with Gasteiger partial charge in [-0.2, -0.15) is 0 Å². The minimum absolute atomic E-state index is 0.0308. The molecule has 0 radical (unpaired) electrons. The van der Waals surface area contributed by atoms with Crippen LogP contribution in [-0.2, 0) is 25.4 Å². The Balaban J connectivity index is 1.53. The molecule has 0 aromatic heterocycles. The van der Waals surface area contributed by atoms with Crippen molar-refractivity contribution in [2.24, 2.45) is 0 Å². The molecule has 0 unspecified atom stereocenters. The monoisotopic (exact) mass is 388 g/mol. The van der Waals surface area contributed by atoms with E-state index in [-0.39, 0.29) is 24.4 Å². The number of rotatable bonds is 7. The lowest BCUT2D eigenvalue weighted by Gasteiger charge is -2.44. The largest absolute Gasteiger partial charge is 0.347 e. The van der Waals surface area contributed by atoms with Crippen LogP contribution < -0.4 is 0 Å². The van der Waals surface area contributed by atoms with Crippen LogP contribution in [0.4, 0.5) is 0 Å². The van der Waals surface area contributed by atoms with Crippen LogP contribution in [0.25, 0.3) is 0 Å². The Kier molecular flexibility index (Phi) is 6.98. The fourth-order valence-electron chi connectivity index (χ4n) is 4.45. The average Bonchev–Trinajstić information content (AvgIpc) is 2.60. The third kappa shape index (κ3) is 6.41. The van der Waals surface area contributed by atoms with Crippen molar-refractivity contribution >= 4 is 0 Å². The topological polar surface area (TPSA) is 36.9 Å². The second-order valence-electron chi connectivity index (χ2n) is 9.00. The Hall–Kier alpha value is -1.20. The highest BCUT2D eigenvalue weighted by atomic mass is 16.7. The van der Waals surface area contributed by atoms with Gasteiger partial charge in [0.1, 0.15) is 0 Å². The normalized spacial score (nSPS) is 32.0. The smallest absolute Gasteiger partial charge is 0.163 e. The predicted octanol–water partition coefficient (Wildman–Crippen LogP) is 5.41. The van der Waals surface area contributed by atoms with E-state index >= 15 is 0 Å². The van der Waals surface area contributed by atoms with E-state index in [9.17, 15) is 0 Å². The molecule has 1 aromatic carbocycles. The number of aryl methyl sites for hydroxylation is 1. The van der Waals surface area contributed by atoms with Crippen molar-refractivity contribution in [3.63, 3.8) is 0 Å². The highest BCUT2D eigenvalue weighted by Crippen LogP contribution is 2.35. The average molecular weight is 389 g/mol. The standard InChI is InChI=1S/C24H36O4/c1-6-19-15-21(27-23(2,3)25-19)17-22-16-20(26-24(4,5)28-22)14-10-13-18-11-8-7-9-12-18/h6-9,11-12,19-22H,1,10,13-17H2,2-5H3/t19-,20+,21-,22+/m0/s1. The Bertz CT molecular complexity index is 625. The van der Waals surface area contributed by atoms with E-state index in [1.54, 1.807) is 0 Å². The maximum absolute atomic E-state index is 6.24. The summed E-state index contributed by atoms with van der Waals surface area (Å²) < 4.78 is 24.5. The molecule has 2 aliphatic heterocycles. The molecule has 2 saturated heterocycles. The number of ether oxygens (including phenoxy) is 4. The van der Waals surface area contributed by atoms with Crippen molar-refractivity contribution in [2.45, 2.75) is 102 Å². The third-order valence-electron chi connectivity index (χ3n) is 5.43. The lowest BCUT2D eigenvalue weighted by molar-refractivity contribution is -0.321. The summed E-state index contributed by atoms with van der Waals surface area (Å²) in [6, 6.07) is 10.7. The minimum Gasteiger partial charge on any atom is -0.347 e. The van der Waals surface area contributed by atoms with Gasteiger partial charge >= 0.3 is 0 Å². The van der Waals surface area contributed by atoms with Gasteiger partial charge < -0.3 is 18.9 Å². The summed E-state index contributed by atoms with van der Waals surface area (Å²) in [7, 11) is 0. The van der Waals surface area contributed by atoms with Crippen molar-refractivity contribution < 1.29 is 18.9 Å². The summed E-state index contributed by atoms with van der Waals surface area (Å²) in [6.07, 6.45) is 8.23. The third-order valence-corrected chi connectivity index (χ3v) is 5.43. The zero-order chi connectivity index (χ0) is 20.2. The van der Waals surface area contributed by atoms with E-state index < -0.39 is 11.6 Å². The Morgan fingerprint density at radius 1 is 0.893 bits per heavy atom. The maximum atomic E-state index is 6.24. The molecule has 28 heavy (non-hydrogen) atoms. The molecule has 0 N–H and O–H groups in total. The Morgan fingerprint density at radius 2 is 1.50 bits per heavy atom. The van der Waals surface area contributed by atoms with E-state index in [2.05, 4.69) is 36.9 Å². The number of benzene rings is 1. The van der Waals surface area contributed by atoms with Crippen molar-refractivity contribution in [3.05, 3.63) is 48.6 Å². The van der Waals surface area contributed by atoms with Crippen LogP contribution in [0, 0.1) is 0 Å². The lowest BCUT2D eigenvalue weighted by atomic mass is 9.95. The van der Waals surface area contributed by atoms with E-state index in [1.807, 2.05) is 33.8 Å². The molecule has 1 aromatic rings. The van der Waals surface area contributed by atoms with E-state index in [4.69, 9.17) is 18.9 Å². The fourth-order valence-corrected chi connectivity index (χ4v) is 4.45. The van der Waals surface area contributed by atoms with Crippen LogP contribution >= 0.6 is 0 Å². The summed E-state index contributed by atoms with van der Waals surface area (Å²) >= 11 is 0. The van der Waals surface area contributed by atoms with Crippen LogP contribution in [0.15, 0.2) is 43.0 Å². The fraction of sp³-hybridized carbons (Fsp3) is 0.667. The van der Waals surface area contributed by atoms with Gasteiger partial charge in [0.2, 0.25) is 0 Å². The van der Waals surface area contributed by atoms with Gasteiger partial charge in [-0.3, -0.25) is 0 Å². The number of hydrogen-bond donors (Lipinski definition) is 0. The second-order valence-corrected chi connectivity index (χ2v) is 9.00. The highest BCUT2D eigenvalue weighted by molar-refractivity contribution is 5.14. The molecule has 0 bridgehead atoms. The summed E-state index contributed by atoms with van der Waals surface area (Å²) in [4.78, 5) is 0. The van der Waals surface area contributed by atoms with Gasteiger partial charge in [-0.25, -0.2) is 0 Å². The summed E-state index contributed by atoms with van der Waals surface area (Å²) in [5.41, 5.74) is 1.39. The molecule has 2 aliphatic rings. The van der Waals surface area contributed by atoms with Gasteiger partial charge in [-0.05, 0) is 52.5 Å². The second kappa shape index (κ2) is 9.08. The van der Waals surface area contributed by atoms with Crippen LogP contribution in [0.1, 0.15) is 65.4 Å². The summed E-state index contributed by atoms with van der Waals surface area (Å²) in [6.45, 7) is 11.9. The van der Waals surface area contributed by atoms with Gasteiger partial charge in [-0.15, -0.1) is 6.58 Å². The molecule has 0 spiro atoms. The van der Waals surface area contributed by atoms with Gasteiger partial charge in [0.25, 0.3) is 0 Å². The van der Waals surface area contributed by atoms with Crippen LogP contribution in [-0.4, -0.2) is 36.0 Å². The first-order chi connectivity index (χ1) is 13.2. The van der Waals surface area contributed by atoms with E-state index in [0.717, 1.165) is 38.5 Å². The van der Waals surface area contributed by atoms with Crippen LogP contribution in [0.5, 0.6) is 0 Å². The molecule has 0 aliphatic carbocycles. The predicted molar refractivity (Wildman–Crippen MR) is 111 cm³/mol. The van der Waals surface area contributed by atoms with Crippen molar-refractivity contribution in [2.75, 3.05) is 0 Å². The zero-order valence-electron chi connectivity index (χ0n) is 17.9. The molecule has 156 valence electrons. The maximum Gasteiger partial charge on any atom is 0.163 e. The molecule has 2 fully saturated rings. The molecule has 4 nitrogen and oxygen atoms in total. The quantitative estimate of drug-likeness (QED) is 0.586. The van der Waals surface area contributed by atoms with Crippen molar-refractivity contribution in [3.8, 4) is 0 Å². The molecule has 0 amide bonds. The number of hydrogen-bond acceptors (Lipinski definition) is 4. The molecule has 2 heterocycles. The molecule has 0 saturated carbocycles. The Morgan fingerprint density at radius 3 is 2.18 bits per heavy atom. The molecule has 4 atom stereocenters. The van der Waals surface area contributed by atoms with Gasteiger partial charge in [-0.1, -0.05) is 36.4 Å². The summed E-state index contributed by atoms with van der Waals surface area (Å²) in [5, 5.41) is 0. The van der Waals surface area contributed by atoms with Crippen LogP contribution in [0.2, 0.25) is 0 Å². The Labute approximate surface area is 170 Å². The molecule has 3 rings (SSSR count). The van der Waals surface area contributed by atoms with E-state index in [0.29, 0.717) is 0 Å². The highest BCUT2D eigenvalue weighted by Gasteiger charge is 2.40. The summed E-state index contributed by atoms with van der Waals surface area (Å²) in [5.74, 6) is -1.14. The van der Waals surface area contributed by atoms with Crippen molar-refractivity contribution in [1.29, 1.82) is 0 Å². The van der Waals surface area contributed by atoms with E-state index in [1.165, 1.54) is 5.56 Å². The zero-order valence-corrected chi connectivity index (χ0v) is 17.9. The first-order valence-electron chi connectivity index (χ1n) is 10.6. The lowest BCUT2D eigenvalue weighted by Crippen LogP contribution is -2.49. The molecule has 4 heteroatoms. The first kappa shape index (κ1) is 21.5. The van der Waals surface area contributed by atoms with Crippen molar-refractivity contribution in [1.82, 2.24) is 0 Å². The van der Waals surface area contributed by atoms with Gasteiger partial charge in [0, 0.05) is 19.3 Å². The molecular weight excluding hydrogens is 352 g/mol. The first-order valence-corrected chi connectivity index (χ1v) is 10.6. The molecular formula is C24H36O4. The van der Waals surface area contributed by atoms with Crippen LogP contribution in [0.3, 0.4) is 0 Å². The SMILES string of the molecule is C=C[C@H]1C[C@@H](C[C@H]2C[C@@H](CCCc3ccccc3)OC(C)(C)O2)OC(C)(C)O1. The minimum atomic E-state index is -0.586.